The van der Waals surface area contributed by atoms with Crippen molar-refractivity contribution in [3.05, 3.63) is 28.8 Å². The van der Waals surface area contributed by atoms with Gasteiger partial charge >= 0.3 is 0 Å². The van der Waals surface area contributed by atoms with Crippen LogP contribution in [0, 0.1) is 16.7 Å². The van der Waals surface area contributed by atoms with Crippen LogP contribution in [-0.2, 0) is 4.74 Å². The Labute approximate surface area is 113 Å². The van der Waals surface area contributed by atoms with E-state index < -0.39 is 0 Å². The number of benzene rings is 1. The molecule has 18 heavy (non-hydrogen) atoms. The maximum Gasteiger partial charge on any atom is 0.0992 e. The summed E-state index contributed by atoms with van der Waals surface area (Å²) in [5, 5.41) is 12.8. The molecule has 1 N–H and O–H groups in total. The van der Waals surface area contributed by atoms with E-state index in [0.29, 0.717) is 16.6 Å². The normalized spacial score (nSPS) is 25.1. The van der Waals surface area contributed by atoms with Crippen LogP contribution in [0.1, 0.15) is 25.8 Å². The molecule has 3 nitrogen and oxygen atoms in total. The zero-order valence-electron chi connectivity index (χ0n) is 10.8. The Morgan fingerprint density at radius 2 is 2.22 bits per heavy atom. The number of anilines is 1. The van der Waals surface area contributed by atoms with Gasteiger partial charge in [0, 0.05) is 18.6 Å². The summed E-state index contributed by atoms with van der Waals surface area (Å²) in [6.07, 6.45) is 1.26. The van der Waals surface area contributed by atoms with Crippen molar-refractivity contribution in [2.45, 2.75) is 32.4 Å². The van der Waals surface area contributed by atoms with Crippen LogP contribution < -0.4 is 5.32 Å². The number of hydrogen-bond donors (Lipinski definition) is 1. The van der Waals surface area contributed by atoms with Crippen LogP contribution in [-0.4, -0.2) is 19.3 Å². The number of nitrogens with zero attached hydrogens (tertiary/aromatic N) is 1. The molecule has 1 aliphatic carbocycles. The predicted octanol–water partition coefficient (Wildman–Crippen LogP) is 3.44. The van der Waals surface area contributed by atoms with Crippen molar-refractivity contribution in [2.75, 3.05) is 12.4 Å². The summed E-state index contributed by atoms with van der Waals surface area (Å²) in [6, 6.07) is 7.73. The number of methoxy groups -OCH3 is 1. The molecule has 0 radical (unpaired) electrons. The number of nitriles is 1. The molecule has 96 valence electrons. The molecule has 0 saturated heterocycles. The van der Waals surface area contributed by atoms with Crippen LogP contribution in [0.5, 0.6) is 0 Å². The number of hydrogen-bond acceptors (Lipinski definition) is 3. The minimum atomic E-state index is 0.0893. The maximum absolute atomic E-state index is 8.80. The Morgan fingerprint density at radius 3 is 2.72 bits per heavy atom. The standard InChI is InChI=1S/C14H17ClN2O/c1-14(2)12(7-13(14)18-3)17-11-5-4-9(8-16)6-10(11)15/h4-6,12-13,17H,7H2,1-3H3. The zero-order valence-corrected chi connectivity index (χ0v) is 11.6. The van der Waals surface area contributed by atoms with E-state index in [1.165, 1.54) is 0 Å². The summed E-state index contributed by atoms with van der Waals surface area (Å²) in [6.45, 7) is 4.36. The van der Waals surface area contributed by atoms with Gasteiger partial charge in [-0.3, -0.25) is 0 Å². The molecule has 1 aromatic rings. The molecule has 0 aliphatic heterocycles. The molecule has 1 saturated carbocycles. The second-order valence-electron chi connectivity index (χ2n) is 5.28. The molecule has 2 rings (SSSR count). The number of rotatable bonds is 3. The van der Waals surface area contributed by atoms with Gasteiger partial charge < -0.3 is 10.1 Å². The van der Waals surface area contributed by atoms with E-state index in [9.17, 15) is 0 Å². The molecule has 1 fully saturated rings. The van der Waals surface area contributed by atoms with Crippen LogP contribution in [0.3, 0.4) is 0 Å². The van der Waals surface area contributed by atoms with E-state index >= 15 is 0 Å². The van der Waals surface area contributed by atoms with Crippen molar-refractivity contribution >= 4 is 17.3 Å². The van der Waals surface area contributed by atoms with E-state index in [2.05, 4.69) is 25.2 Å². The van der Waals surface area contributed by atoms with Crippen LogP contribution >= 0.6 is 11.6 Å². The Kier molecular flexibility index (Phi) is 3.52. The van der Waals surface area contributed by atoms with E-state index in [0.717, 1.165) is 12.1 Å². The highest BCUT2D eigenvalue weighted by molar-refractivity contribution is 6.33. The molecule has 1 aliphatic rings. The fourth-order valence-electron chi connectivity index (χ4n) is 2.42. The SMILES string of the molecule is COC1CC(Nc2ccc(C#N)cc2Cl)C1(C)C. The smallest absolute Gasteiger partial charge is 0.0992 e. The molecule has 2 atom stereocenters. The lowest BCUT2D eigenvalue weighted by Gasteiger charge is -2.51. The molecule has 1 aromatic carbocycles. The molecule has 0 aromatic heterocycles. The highest BCUT2D eigenvalue weighted by Gasteiger charge is 2.48. The maximum atomic E-state index is 8.80. The Balaban J connectivity index is 2.10. The minimum Gasteiger partial charge on any atom is -0.381 e. The van der Waals surface area contributed by atoms with E-state index in [1.807, 2.05) is 6.07 Å². The average Bonchev–Trinajstić information content (AvgIpc) is 2.35. The summed E-state index contributed by atoms with van der Waals surface area (Å²) < 4.78 is 5.42. The molecular formula is C14H17ClN2O. The minimum absolute atomic E-state index is 0.0893. The van der Waals surface area contributed by atoms with Crippen molar-refractivity contribution in [1.82, 2.24) is 0 Å². The molecule has 0 spiro atoms. The zero-order chi connectivity index (χ0) is 13.3. The predicted molar refractivity (Wildman–Crippen MR) is 72.8 cm³/mol. The first-order valence-electron chi connectivity index (χ1n) is 5.98. The monoisotopic (exact) mass is 264 g/mol. The summed E-state index contributed by atoms with van der Waals surface area (Å²) in [5.41, 5.74) is 1.54. The quantitative estimate of drug-likeness (QED) is 0.910. The first-order valence-corrected chi connectivity index (χ1v) is 6.36. The topological polar surface area (TPSA) is 45.0 Å². The van der Waals surface area contributed by atoms with Crippen LogP contribution in [0.2, 0.25) is 5.02 Å². The number of halogens is 1. The number of ether oxygens (including phenoxy) is 1. The molecular weight excluding hydrogens is 248 g/mol. The summed E-state index contributed by atoms with van der Waals surface area (Å²) in [4.78, 5) is 0. The van der Waals surface area contributed by atoms with Crippen molar-refractivity contribution in [3.63, 3.8) is 0 Å². The van der Waals surface area contributed by atoms with E-state index in [-0.39, 0.29) is 11.5 Å². The van der Waals surface area contributed by atoms with Gasteiger partial charge in [0.05, 0.1) is 28.4 Å². The van der Waals surface area contributed by atoms with Gasteiger partial charge in [0.25, 0.3) is 0 Å². The Morgan fingerprint density at radius 1 is 1.50 bits per heavy atom. The van der Waals surface area contributed by atoms with Crippen molar-refractivity contribution in [3.8, 4) is 6.07 Å². The van der Waals surface area contributed by atoms with Gasteiger partial charge in [0.15, 0.2) is 0 Å². The van der Waals surface area contributed by atoms with Crippen LogP contribution in [0.25, 0.3) is 0 Å². The van der Waals surface area contributed by atoms with Crippen molar-refractivity contribution in [2.24, 2.45) is 5.41 Å². The molecule has 0 bridgehead atoms. The van der Waals surface area contributed by atoms with E-state index in [4.69, 9.17) is 21.6 Å². The second kappa shape index (κ2) is 4.79. The lowest BCUT2D eigenvalue weighted by molar-refractivity contribution is -0.0794. The first kappa shape index (κ1) is 13.2. The molecule has 2 unspecified atom stereocenters. The third-order valence-electron chi connectivity index (χ3n) is 3.89. The van der Waals surface area contributed by atoms with Gasteiger partial charge in [0.2, 0.25) is 0 Å². The van der Waals surface area contributed by atoms with Crippen molar-refractivity contribution in [1.29, 1.82) is 5.26 Å². The molecule has 0 amide bonds. The number of nitrogens with one attached hydrogen (secondary N) is 1. The fraction of sp³-hybridized carbons (Fsp3) is 0.500. The average molecular weight is 265 g/mol. The van der Waals surface area contributed by atoms with Gasteiger partial charge in [-0.25, -0.2) is 0 Å². The van der Waals surface area contributed by atoms with Crippen LogP contribution in [0.4, 0.5) is 5.69 Å². The molecule has 0 heterocycles. The summed E-state index contributed by atoms with van der Waals surface area (Å²) in [5.74, 6) is 0. The fourth-order valence-corrected chi connectivity index (χ4v) is 2.65. The van der Waals surface area contributed by atoms with Crippen LogP contribution in [0.15, 0.2) is 18.2 Å². The summed E-state index contributed by atoms with van der Waals surface area (Å²) in [7, 11) is 1.75. The highest BCUT2D eigenvalue weighted by atomic mass is 35.5. The summed E-state index contributed by atoms with van der Waals surface area (Å²) >= 11 is 6.15. The third-order valence-corrected chi connectivity index (χ3v) is 4.20. The van der Waals surface area contributed by atoms with Gasteiger partial charge in [-0.1, -0.05) is 25.4 Å². The lowest BCUT2D eigenvalue weighted by Crippen LogP contribution is -2.57. The third kappa shape index (κ3) is 2.19. The second-order valence-corrected chi connectivity index (χ2v) is 5.69. The largest absolute Gasteiger partial charge is 0.381 e. The van der Waals surface area contributed by atoms with E-state index in [1.54, 1.807) is 19.2 Å². The van der Waals surface area contributed by atoms with Gasteiger partial charge in [0.1, 0.15) is 0 Å². The first-order chi connectivity index (χ1) is 8.48. The highest BCUT2D eigenvalue weighted by Crippen LogP contribution is 2.44. The van der Waals surface area contributed by atoms with Gasteiger partial charge in [-0.2, -0.15) is 5.26 Å². The van der Waals surface area contributed by atoms with Crippen molar-refractivity contribution < 1.29 is 4.74 Å². The lowest BCUT2D eigenvalue weighted by atomic mass is 9.64. The van der Waals surface area contributed by atoms with Gasteiger partial charge in [-0.05, 0) is 24.6 Å². The molecule has 4 heteroatoms. The Hall–Kier alpha value is -1.24. The Bertz CT molecular complexity index is 493. The van der Waals surface area contributed by atoms with Gasteiger partial charge in [-0.15, -0.1) is 0 Å².